The highest BCUT2D eigenvalue weighted by atomic mass is 32.2. The average Bonchev–Trinajstić information content (AvgIpc) is 2.90. The Labute approximate surface area is 138 Å². The normalized spacial score (nSPS) is 14.2. The molecule has 0 bridgehead atoms. The summed E-state index contributed by atoms with van der Waals surface area (Å²) < 4.78 is 0. The lowest BCUT2D eigenvalue weighted by atomic mass is 10.0. The molecule has 0 saturated heterocycles. The first-order valence-electron chi connectivity index (χ1n) is 7.97. The van der Waals surface area contributed by atoms with Gasteiger partial charge >= 0.3 is 0 Å². The van der Waals surface area contributed by atoms with Gasteiger partial charge in [0.1, 0.15) is 0 Å². The Morgan fingerprint density at radius 2 is 2.05 bits per heavy atom. The number of anilines is 1. The molecule has 21 heavy (non-hydrogen) atoms. The predicted molar refractivity (Wildman–Crippen MR) is 99.1 cm³/mol. The van der Waals surface area contributed by atoms with Crippen LogP contribution in [0.25, 0.3) is 0 Å². The lowest BCUT2D eigenvalue weighted by molar-refractivity contribution is 0.654. The van der Waals surface area contributed by atoms with Crippen LogP contribution < -0.4 is 10.2 Å². The minimum absolute atomic E-state index is 0.521. The Bertz CT molecular complexity index is 406. The molecule has 2 atom stereocenters. The third kappa shape index (κ3) is 5.46. The average molecular weight is 330 g/mol. The van der Waals surface area contributed by atoms with Crippen LogP contribution >= 0.6 is 23.1 Å². The number of hydrogen-bond donors (Lipinski definition) is 1. The van der Waals surface area contributed by atoms with E-state index in [0.717, 1.165) is 25.3 Å². The zero-order chi connectivity index (χ0) is 15.8. The maximum Gasteiger partial charge on any atom is 0.185 e. The summed E-state index contributed by atoms with van der Waals surface area (Å²) in [6.07, 6.45) is 4.49. The molecule has 0 aliphatic carbocycles. The first-order chi connectivity index (χ1) is 10.0. The molecule has 1 aromatic heterocycles. The molecule has 1 heterocycles. The predicted octanol–water partition coefficient (Wildman–Crippen LogP) is 4.34. The summed E-state index contributed by atoms with van der Waals surface area (Å²) in [5, 5.41) is 4.69. The number of nitrogens with zero attached hydrogens (tertiary/aromatic N) is 2. The highest BCUT2D eigenvalue weighted by Gasteiger charge is 2.19. The number of thiazole rings is 1. The maximum absolute atomic E-state index is 4.96. The zero-order valence-corrected chi connectivity index (χ0v) is 16.0. The Balaban J connectivity index is 2.90. The highest BCUT2D eigenvalue weighted by Crippen LogP contribution is 2.32. The van der Waals surface area contributed by atoms with E-state index in [-0.39, 0.29) is 0 Å². The van der Waals surface area contributed by atoms with Crippen LogP contribution in [0.15, 0.2) is 0 Å². The van der Waals surface area contributed by atoms with Gasteiger partial charge in [-0.15, -0.1) is 11.3 Å². The van der Waals surface area contributed by atoms with Crippen LogP contribution in [0.3, 0.4) is 0 Å². The lowest BCUT2D eigenvalue weighted by Crippen LogP contribution is -2.30. The summed E-state index contributed by atoms with van der Waals surface area (Å²) in [7, 11) is 2.17. The second-order valence-corrected chi connectivity index (χ2v) is 7.68. The molecule has 5 heteroatoms. The monoisotopic (exact) mass is 329 g/mol. The molecule has 0 saturated carbocycles. The van der Waals surface area contributed by atoms with E-state index in [2.05, 4.69) is 51.2 Å². The minimum atomic E-state index is 0.521. The van der Waals surface area contributed by atoms with Gasteiger partial charge in [0, 0.05) is 30.3 Å². The van der Waals surface area contributed by atoms with Gasteiger partial charge in [-0.1, -0.05) is 20.8 Å². The van der Waals surface area contributed by atoms with E-state index < -0.39 is 0 Å². The Kier molecular flexibility index (Phi) is 8.67. The van der Waals surface area contributed by atoms with E-state index in [9.17, 15) is 0 Å². The first kappa shape index (κ1) is 18.8. The van der Waals surface area contributed by atoms with E-state index in [4.69, 9.17) is 4.98 Å². The summed E-state index contributed by atoms with van der Waals surface area (Å²) >= 11 is 3.75. The molecule has 3 nitrogen and oxygen atoms in total. The molecule has 1 aromatic rings. The van der Waals surface area contributed by atoms with Gasteiger partial charge in [-0.05, 0) is 38.5 Å². The molecule has 0 aromatic carbocycles. The van der Waals surface area contributed by atoms with Crippen LogP contribution in [0.5, 0.6) is 0 Å². The van der Waals surface area contributed by atoms with Crippen molar-refractivity contribution in [3.8, 4) is 0 Å². The van der Waals surface area contributed by atoms with Crippen LogP contribution in [0, 0.1) is 0 Å². The van der Waals surface area contributed by atoms with E-state index in [0.29, 0.717) is 12.0 Å². The van der Waals surface area contributed by atoms with Crippen LogP contribution in [0.1, 0.15) is 57.0 Å². The number of rotatable bonds is 10. The van der Waals surface area contributed by atoms with Gasteiger partial charge in [0.2, 0.25) is 0 Å². The molecule has 0 radical (unpaired) electrons. The van der Waals surface area contributed by atoms with Crippen molar-refractivity contribution in [2.45, 2.75) is 59.0 Å². The molecule has 0 fully saturated rings. The molecule has 0 aliphatic heterocycles. The van der Waals surface area contributed by atoms with Crippen molar-refractivity contribution in [2.24, 2.45) is 0 Å². The van der Waals surface area contributed by atoms with Crippen molar-refractivity contribution >= 4 is 28.2 Å². The number of aromatic nitrogens is 1. The number of nitrogens with one attached hydrogen (secondary N) is 1. The fraction of sp³-hybridized carbons (Fsp3) is 0.812. The van der Waals surface area contributed by atoms with Crippen LogP contribution in [0.4, 0.5) is 5.13 Å². The van der Waals surface area contributed by atoms with Crippen LogP contribution in [-0.2, 0) is 6.54 Å². The van der Waals surface area contributed by atoms with E-state index in [1.54, 1.807) is 0 Å². The molecule has 0 aliphatic rings. The van der Waals surface area contributed by atoms with Crippen molar-refractivity contribution in [2.75, 3.05) is 30.5 Å². The zero-order valence-electron chi connectivity index (χ0n) is 14.4. The summed E-state index contributed by atoms with van der Waals surface area (Å²) in [6, 6.07) is 0.521. The first-order valence-corrected chi connectivity index (χ1v) is 10.2. The van der Waals surface area contributed by atoms with Crippen molar-refractivity contribution < 1.29 is 0 Å². The maximum atomic E-state index is 4.96. The molecule has 2 unspecified atom stereocenters. The summed E-state index contributed by atoms with van der Waals surface area (Å²) in [5.41, 5.74) is 1.30. The van der Waals surface area contributed by atoms with E-state index in [1.807, 2.05) is 23.1 Å². The van der Waals surface area contributed by atoms with Gasteiger partial charge in [-0.3, -0.25) is 0 Å². The SMILES string of the molecule is CCCNCc1sc(N(C)C(C)CSC)nc1C(C)CC. The minimum Gasteiger partial charge on any atom is -0.348 e. The Morgan fingerprint density at radius 1 is 1.33 bits per heavy atom. The molecular weight excluding hydrogens is 298 g/mol. The number of thioether (sulfide) groups is 1. The Morgan fingerprint density at radius 3 is 2.62 bits per heavy atom. The molecule has 1 rings (SSSR count). The highest BCUT2D eigenvalue weighted by molar-refractivity contribution is 7.98. The second-order valence-electron chi connectivity index (χ2n) is 5.71. The molecule has 1 N–H and O–H groups in total. The van der Waals surface area contributed by atoms with E-state index >= 15 is 0 Å². The van der Waals surface area contributed by atoms with Crippen LogP contribution in [0.2, 0.25) is 0 Å². The standard InChI is InChI=1S/C16H31N3S2/c1-7-9-17-10-14-15(12(3)8-2)18-16(21-14)19(5)13(4)11-20-6/h12-13,17H,7-11H2,1-6H3. The van der Waals surface area contributed by atoms with Gasteiger partial charge in [0.05, 0.1) is 5.69 Å². The van der Waals surface area contributed by atoms with Gasteiger partial charge in [0.25, 0.3) is 0 Å². The number of hydrogen-bond acceptors (Lipinski definition) is 5. The van der Waals surface area contributed by atoms with Crippen molar-refractivity contribution in [3.05, 3.63) is 10.6 Å². The van der Waals surface area contributed by atoms with E-state index in [1.165, 1.54) is 22.1 Å². The second kappa shape index (κ2) is 9.70. The van der Waals surface area contributed by atoms with Crippen molar-refractivity contribution in [1.29, 1.82) is 0 Å². The molecular formula is C16H31N3S2. The molecule has 0 spiro atoms. The summed E-state index contributed by atoms with van der Waals surface area (Å²) in [5.74, 6) is 1.68. The smallest absolute Gasteiger partial charge is 0.185 e. The van der Waals surface area contributed by atoms with Crippen molar-refractivity contribution in [1.82, 2.24) is 10.3 Å². The van der Waals surface area contributed by atoms with Gasteiger partial charge in [0.15, 0.2) is 5.13 Å². The fourth-order valence-corrected chi connectivity index (χ4v) is 4.05. The molecule has 0 amide bonds. The van der Waals surface area contributed by atoms with Crippen molar-refractivity contribution in [3.63, 3.8) is 0 Å². The summed E-state index contributed by atoms with van der Waals surface area (Å²) in [4.78, 5) is 8.70. The Hall–Kier alpha value is -0.260. The topological polar surface area (TPSA) is 28.2 Å². The summed E-state index contributed by atoms with van der Waals surface area (Å²) in [6.45, 7) is 11.0. The van der Waals surface area contributed by atoms with Gasteiger partial charge in [-0.2, -0.15) is 11.8 Å². The largest absolute Gasteiger partial charge is 0.348 e. The fourth-order valence-electron chi connectivity index (χ4n) is 2.13. The third-order valence-electron chi connectivity index (χ3n) is 3.88. The molecule has 122 valence electrons. The third-order valence-corrected chi connectivity index (χ3v) is 5.86. The van der Waals surface area contributed by atoms with Gasteiger partial charge < -0.3 is 10.2 Å². The van der Waals surface area contributed by atoms with Gasteiger partial charge in [-0.25, -0.2) is 4.98 Å². The van der Waals surface area contributed by atoms with Crippen LogP contribution in [-0.4, -0.2) is 36.6 Å². The lowest BCUT2D eigenvalue weighted by Gasteiger charge is -2.23. The quantitative estimate of drug-likeness (QED) is 0.646.